The van der Waals surface area contributed by atoms with Gasteiger partial charge in [0.25, 0.3) is 0 Å². The molecule has 1 rings (SSSR count). The van der Waals surface area contributed by atoms with E-state index in [4.69, 9.17) is 19.7 Å². The Balaban J connectivity index is 2.68. The first-order chi connectivity index (χ1) is 11.0. The number of halogens is 2. The standard InChI is InChI=1S/C14H19F2N3O4/c1-21-7-12(22-2)6-14(20)13(18-19-17)8-23-11-4-9(15)3-10(16)5-11/h3-5,12-14,20H,6-8H2,1-2H3/t12-,13+,14+/m1/s1. The molecule has 0 radical (unpaired) electrons. The average molecular weight is 331 g/mol. The van der Waals surface area contributed by atoms with Crippen LogP contribution in [0, 0.1) is 11.6 Å². The number of methoxy groups -OCH3 is 2. The molecule has 23 heavy (non-hydrogen) atoms. The lowest BCUT2D eigenvalue weighted by molar-refractivity contribution is -0.0122. The van der Waals surface area contributed by atoms with Gasteiger partial charge in [0, 0.05) is 43.8 Å². The van der Waals surface area contributed by atoms with Crippen molar-refractivity contribution in [3.05, 3.63) is 40.3 Å². The molecule has 0 aromatic heterocycles. The van der Waals surface area contributed by atoms with E-state index < -0.39 is 29.9 Å². The van der Waals surface area contributed by atoms with Crippen molar-refractivity contribution in [1.29, 1.82) is 0 Å². The predicted molar refractivity (Wildman–Crippen MR) is 78.1 cm³/mol. The van der Waals surface area contributed by atoms with Gasteiger partial charge in [0.15, 0.2) is 0 Å². The van der Waals surface area contributed by atoms with Crippen LogP contribution < -0.4 is 4.74 Å². The summed E-state index contributed by atoms with van der Waals surface area (Å²) in [6.45, 7) is 0.0179. The lowest BCUT2D eigenvalue weighted by atomic mass is 10.1. The van der Waals surface area contributed by atoms with Crippen molar-refractivity contribution in [1.82, 2.24) is 0 Å². The number of hydrogen-bond donors (Lipinski definition) is 1. The monoisotopic (exact) mass is 331 g/mol. The molecular weight excluding hydrogens is 312 g/mol. The molecule has 128 valence electrons. The number of aliphatic hydroxyl groups is 1. The van der Waals surface area contributed by atoms with Gasteiger partial charge in [-0.05, 0) is 5.53 Å². The van der Waals surface area contributed by atoms with Crippen molar-refractivity contribution in [2.24, 2.45) is 5.11 Å². The van der Waals surface area contributed by atoms with E-state index in [-0.39, 0.29) is 25.4 Å². The van der Waals surface area contributed by atoms with Crippen molar-refractivity contribution in [2.75, 3.05) is 27.4 Å². The van der Waals surface area contributed by atoms with Gasteiger partial charge in [-0.2, -0.15) is 0 Å². The van der Waals surface area contributed by atoms with Crippen LogP contribution in [-0.2, 0) is 9.47 Å². The highest BCUT2D eigenvalue weighted by atomic mass is 19.1. The third-order valence-corrected chi connectivity index (χ3v) is 3.09. The Morgan fingerprint density at radius 1 is 1.22 bits per heavy atom. The lowest BCUT2D eigenvalue weighted by Gasteiger charge is -2.23. The Hall–Kier alpha value is -1.93. The van der Waals surface area contributed by atoms with Crippen LogP contribution >= 0.6 is 0 Å². The minimum absolute atomic E-state index is 0.0620. The van der Waals surface area contributed by atoms with E-state index in [9.17, 15) is 13.9 Å². The number of hydrogen-bond acceptors (Lipinski definition) is 5. The summed E-state index contributed by atoms with van der Waals surface area (Å²) < 4.78 is 41.4. The van der Waals surface area contributed by atoms with Gasteiger partial charge in [0.1, 0.15) is 17.4 Å². The Labute approximate surface area is 132 Å². The largest absolute Gasteiger partial charge is 0.493 e. The zero-order chi connectivity index (χ0) is 17.2. The van der Waals surface area contributed by atoms with E-state index in [1.54, 1.807) is 0 Å². The number of nitrogens with zero attached hydrogens (tertiary/aromatic N) is 3. The topological polar surface area (TPSA) is 96.7 Å². The first-order valence-corrected chi connectivity index (χ1v) is 6.83. The summed E-state index contributed by atoms with van der Waals surface area (Å²) in [5.41, 5.74) is 8.58. The molecule has 9 heteroatoms. The minimum atomic E-state index is -1.07. The molecule has 0 aliphatic rings. The summed E-state index contributed by atoms with van der Waals surface area (Å²) >= 11 is 0. The smallest absolute Gasteiger partial charge is 0.129 e. The normalized spacial score (nSPS) is 14.7. The highest BCUT2D eigenvalue weighted by molar-refractivity contribution is 5.23. The molecule has 3 atom stereocenters. The van der Waals surface area contributed by atoms with Crippen molar-refractivity contribution in [3.8, 4) is 5.75 Å². The SMILES string of the molecule is COC[C@@H](C[C@H](O)[C@H](COc1cc(F)cc(F)c1)N=[N+]=[N-])OC. The predicted octanol–water partition coefficient (Wildman–Crippen LogP) is 2.43. The molecule has 0 aliphatic carbocycles. The van der Waals surface area contributed by atoms with Gasteiger partial charge < -0.3 is 19.3 Å². The maximum Gasteiger partial charge on any atom is 0.129 e. The Morgan fingerprint density at radius 3 is 2.39 bits per heavy atom. The molecule has 0 bridgehead atoms. The molecule has 0 fully saturated rings. The first-order valence-electron chi connectivity index (χ1n) is 6.83. The van der Waals surface area contributed by atoms with Gasteiger partial charge >= 0.3 is 0 Å². The molecule has 7 nitrogen and oxygen atoms in total. The summed E-state index contributed by atoms with van der Waals surface area (Å²) in [6, 6.07) is 1.75. The summed E-state index contributed by atoms with van der Waals surface area (Å²) in [6.07, 6.45) is -1.31. The van der Waals surface area contributed by atoms with E-state index in [2.05, 4.69) is 10.0 Å². The molecule has 0 saturated carbocycles. The lowest BCUT2D eigenvalue weighted by Crippen LogP contribution is -2.35. The molecule has 0 spiro atoms. The molecular formula is C14H19F2N3O4. The second-order valence-electron chi connectivity index (χ2n) is 4.80. The fourth-order valence-electron chi connectivity index (χ4n) is 1.93. The Bertz CT molecular complexity index is 521. The molecule has 0 unspecified atom stereocenters. The second kappa shape index (κ2) is 9.96. The fourth-order valence-corrected chi connectivity index (χ4v) is 1.93. The van der Waals surface area contributed by atoms with Crippen molar-refractivity contribution >= 4 is 0 Å². The van der Waals surface area contributed by atoms with Gasteiger partial charge in [-0.15, -0.1) is 0 Å². The minimum Gasteiger partial charge on any atom is -0.493 e. The van der Waals surface area contributed by atoms with E-state index in [0.29, 0.717) is 6.07 Å². The van der Waals surface area contributed by atoms with Crippen LogP contribution in [0.4, 0.5) is 8.78 Å². The summed E-state index contributed by atoms with van der Waals surface area (Å²) in [4.78, 5) is 2.65. The average Bonchev–Trinajstić information content (AvgIpc) is 2.49. The van der Waals surface area contributed by atoms with Crippen LogP contribution in [0.15, 0.2) is 23.3 Å². The van der Waals surface area contributed by atoms with E-state index in [0.717, 1.165) is 12.1 Å². The third kappa shape index (κ3) is 6.79. The van der Waals surface area contributed by atoms with Crippen molar-refractivity contribution in [3.63, 3.8) is 0 Å². The van der Waals surface area contributed by atoms with Gasteiger partial charge in [0.2, 0.25) is 0 Å². The maximum absolute atomic E-state index is 13.1. The number of ether oxygens (including phenoxy) is 3. The molecule has 0 amide bonds. The van der Waals surface area contributed by atoms with E-state index >= 15 is 0 Å². The van der Waals surface area contributed by atoms with Crippen molar-refractivity contribution in [2.45, 2.75) is 24.7 Å². The van der Waals surface area contributed by atoms with Crippen LogP contribution in [0.2, 0.25) is 0 Å². The Kier molecular flexibility index (Phi) is 8.28. The number of rotatable bonds is 10. The van der Waals surface area contributed by atoms with Gasteiger partial charge in [0.05, 0.1) is 31.5 Å². The third-order valence-electron chi connectivity index (χ3n) is 3.09. The molecule has 0 aliphatic heterocycles. The van der Waals surface area contributed by atoms with Crippen LogP contribution in [0.3, 0.4) is 0 Å². The molecule has 0 heterocycles. The summed E-state index contributed by atoms with van der Waals surface area (Å²) in [5.74, 6) is -1.64. The van der Waals surface area contributed by atoms with Crippen LogP contribution in [0.25, 0.3) is 10.4 Å². The highest BCUT2D eigenvalue weighted by Gasteiger charge is 2.23. The number of azide groups is 1. The van der Waals surface area contributed by atoms with Gasteiger partial charge in [-0.3, -0.25) is 0 Å². The zero-order valence-corrected chi connectivity index (χ0v) is 12.9. The van der Waals surface area contributed by atoms with E-state index in [1.165, 1.54) is 14.2 Å². The van der Waals surface area contributed by atoms with Crippen LogP contribution in [0.1, 0.15) is 6.42 Å². The highest BCUT2D eigenvalue weighted by Crippen LogP contribution is 2.17. The maximum atomic E-state index is 13.1. The van der Waals surface area contributed by atoms with Gasteiger partial charge in [-0.1, -0.05) is 5.11 Å². The molecule has 1 aromatic carbocycles. The van der Waals surface area contributed by atoms with Crippen LogP contribution in [0.5, 0.6) is 5.75 Å². The van der Waals surface area contributed by atoms with Crippen molar-refractivity contribution < 1.29 is 28.1 Å². The molecule has 0 saturated heterocycles. The van der Waals surface area contributed by atoms with Crippen LogP contribution in [-0.4, -0.2) is 50.8 Å². The number of benzene rings is 1. The fraction of sp³-hybridized carbons (Fsp3) is 0.571. The zero-order valence-electron chi connectivity index (χ0n) is 12.9. The Morgan fingerprint density at radius 2 is 1.87 bits per heavy atom. The first kappa shape index (κ1) is 19.1. The summed E-state index contributed by atoms with van der Waals surface area (Å²) in [5, 5.41) is 13.6. The molecule has 1 N–H and O–H groups in total. The van der Waals surface area contributed by atoms with E-state index in [1.807, 2.05) is 0 Å². The second-order valence-corrected chi connectivity index (χ2v) is 4.80. The quantitative estimate of drug-likeness (QED) is 0.404. The number of aliphatic hydroxyl groups excluding tert-OH is 1. The van der Waals surface area contributed by atoms with Gasteiger partial charge in [-0.25, -0.2) is 8.78 Å². The summed E-state index contributed by atoms with van der Waals surface area (Å²) in [7, 11) is 2.95. The molecule has 1 aromatic rings.